The van der Waals surface area contributed by atoms with E-state index in [0.29, 0.717) is 23.3 Å². The average molecular weight is 324 g/mol. The summed E-state index contributed by atoms with van der Waals surface area (Å²) >= 11 is 0. The van der Waals surface area contributed by atoms with Crippen molar-refractivity contribution in [3.05, 3.63) is 47.5 Å². The fourth-order valence-corrected chi connectivity index (χ4v) is 4.40. The maximum absolute atomic E-state index is 12.7. The van der Waals surface area contributed by atoms with Crippen LogP contribution in [0.4, 0.5) is 0 Å². The third-order valence-electron chi connectivity index (χ3n) is 5.69. The van der Waals surface area contributed by atoms with Gasteiger partial charge < -0.3 is 4.90 Å². The molecule has 3 atom stereocenters. The first-order chi connectivity index (χ1) is 11.6. The van der Waals surface area contributed by atoms with Crippen molar-refractivity contribution in [2.24, 2.45) is 24.8 Å². The number of amides is 1. The van der Waals surface area contributed by atoms with Crippen LogP contribution in [-0.2, 0) is 13.5 Å². The SMILES string of the molecule is Cc1ccc(C[C@H]2CC[C@@H]3CN(C(=O)c4cnn(C)c4)C[C@H]23)nc1. The lowest BCUT2D eigenvalue weighted by Crippen LogP contribution is -2.30. The number of rotatable bonds is 3. The predicted octanol–water partition coefficient (Wildman–Crippen LogP) is 2.46. The zero-order valence-electron chi connectivity index (χ0n) is 14.4. The minimum atomic E-state index is 0.129. The van der Waals surface area contributed by atoms with E-state index in [9.17, 15) is 4.79 Å². The van der Waals surface area contributed by atoms with Gasteiger partial charge in [0.2, 0.25) is 0 Å². The second kappa shape index (κ2) is 6.04. The Kier molecular flexibility index (Phi) is 3.87. The minimum absolute atomic E-state index is 0.129. The van der Waals surface area contributed by atoms with Crippen molar-refractivity contribution in [2.75, 3.05) is 13.1 Å². The molecule has 0 radical (unpaired) electrons. The highest BCUT2D eigenvalue weighted by molar-refractivity contribution is 5.93. The quantitative estimate of drug-likeness (QED) is 0.871. The standard InChI is InChI=1S/C19H24N4O/c1-13-3-6-17(20-8-13)7-14-4-5-15-11-23(12-18(14)15)19(24)16-9-21-22(2)10-16/h3,6,8-10,14-15,18H,4-5,7,11-12H2,1-2H3/t14-,15-,18-/m1/s1. The zero-order chi connectivity index (χ0) is 16.7. The molecular formula is C19H24N4O. The fraction of sp³-hybridized carbons (Fsp3) is 0.526. The first-order valence-electron chi connectivity index (χ1n) is 8.79. The van der Waals surface area contributed by atoms with Crippen LogP contribution in [0.5, 0.6) is 0 Å². The van der Waals surface area contributed by atoms with Crippen LogP contribution >= 0.6 is 0 Å². The molecule has 5 heteroatoms. The van der Waals surface area contributed by atoms with Crippen molar-refractivity contribution in [1.29, 1.82) is 0 Å². The lowest BCUT2D eigenvalue weighted by Gasteiger charge is -2.20. The molecule has 0 aromatic carbocycles. The number of carbonyl (C=O) groups excluding carboxylic acids is 1. The van der Waals surface area contributed by atoms with E-state index in [2.05, 4.69) is 29.1 Å². The molecule has 1 saturated carbocycles. The summed E-state index contributed by atoms with van der Waals surface area (Å²) in [6.07, 6.45) is 8.97. The normalized spacial score (nSPS) is 25.9. The van der Waals surface area contributed by atoms with Crippen LogP contribution < -0.4 is 0 Å². The first kappa shape index (κ1) is 15.4. The number of likely N-dealkylation sites (tertiary alicyclic amines) is 1. The Morgan fingerprint density at radius 3 is 2.83 bits per heavy atom. The molecule has 24 heavy (non-hydrogen) atoms. The molecule has 2 aliphatic rings. The molecule has 0 unspecified atom stereocenters. The van der Waals surface area contributed by atoms with Crippen molar-refractivity contribution in [1.82, 2.24) is 19.7 Å². The Morgan fingerprint density at radius 2 is 2.12 bits per heavy atom. The topological polar surface area (TPSA) is 51.0 Å². The van der Waals surface area contributed by atoms with Gasteiger partial charge in [-0.15, -0.1) is 0 Å². The Labute approximate surface area is 142 Å². The second-order valence-corrected chi connectivity index (χ2v) is 7.41. The van der Waals surface area contributed by atoms with Gasteiger partial charge in [0.1, 0.15) is 0 Å². The zero-order valence-corrected chi connectivity index (χ0v) is 14.4. The van der Waals surface area contributed by atoms with Gasteiger partial charge in [0.05, 0.1) is 11.8 Å². The fourth-order valence-electron chi connectivity index (χ4n) is 4.40. The smallest absolute Gasteiger partial charge is 0.257 e. The van der Waals surface area contributed by atoms with Crippen LogP contribution in [0, 0.1) is 24.7 Å². The molecule has 5 nitrogen and oxygen atoms in total. The summed E-state index contributed by atoms with van der Waals surface area (Å²) in [5.74, 6) is 2.05. The lowest BCUT2D eigenvalue weighted by molar-refractivity contribution is 0.0776. The molecule has 1 amide bonds. The summed E-state index contributed by atoms with van der Waals surface area (Å²) < 4.78 is 1.69. The molecule has 0 bridgehead atoms. The molecule has 126 valence electrons. The molecule has 1 aliphatic heterocycles. The van der Waals surface area contributed by atoms with Gasteiger partial charge in [-0.1, -0.05) is 6.07 Å². The summed E-state index contributed by atoms with van der Waals surface area (Å²) in [4.78, 5) is 19.3. The highest BCUT2D eigenvalue weighted by Gasteiger charge is 2.44. The summed E-state index contributed by atoms with van der Waals surface area (Å²) in [5, 5.41) is 4.12. The molecular weight excluding hydrogens is 300 g/mol. The lowest BCUT2D eigenvalue weighted by atomic mass is 9.89. The third kappa shape index (κ3) is 2.83. The van der Waals surface area contributed by atoms with Gasteiger partial charge in [-0.25, -0.2) is 0 Å². The van der Waals surface area contributed by atoms with Gasteiger partial charge >= 0.3 is 0 Å². The van der Waals surface area contributed by atoms with Crippen molar-refractivity contribution >= 4 is 5.91 Å². The Morgan fingerprint density at radius 1 is 1.25 bits per heavy atom. The predicted molar refractivity (Wildman–Crippen MR) is 91.5 cm³/mol. The van der Waals surface area contributed by atoms with E-state index < -0.39 is 0 Å². The monoisotopic (exact) mass is 324 g/mol. The van der Waals surface area contributed by atoms with Gasteiger partial charge in [-0.2, -0.15) is 5.10 Å². The molecule has 3 heterocycles. The number of hydrogen-bond acceptors (Lipinski definition) is 3. The summed E-state index contributed by atoms with van der Waals surface area (Å²) in [5.41, 5.74) is 3.09. The van der Waals surface area contributed by atoms with Crippen molar-refractivity contribution in [3.63, 3.8) is 0 Å². The van der Waals surface area contributed by atoms with Crippen LogP contribution in [0.25, 0.3) is 0 Å². The first-order valence-corrected chi connectivity index (χ1v) is 8.79. The molecule has 0 N–H and O–H groups in total. The number of fused-ring (bicyclic) bond motifs is 1. The maximum Gasteiger partial charge on any atom is 0.257 e. The van der Waals surface area contributed by atoms with E-state index in [1.165, 1.54) is 24.1 Å². The molecule has 1 aliphatic carbocycles. The molecule has 0 spiro atoms. The van der Waals surface area contributed by atoms with E-state index in [4.69, 9.17) is 0 Å². The average Bonchev–Trinajstić information content (AvgIpc) is 3.26. The van der Waals surface area contributed by atoms with Crippen LogP contribution in [-0.4, -0.2) is 38.7 Å². The highest BCUT2D eigenvalue weighted by atomic mass is 16.2. The number of hydrogen-bond donors (Lipinski definition) is 0. The third-order valence-corrected chi connectivity index (χ3v) is 5.69. The van der Waals surface area contributed by atoms with Gasteiger partial charge in [-0.05, 0) is 55.6 Å². The molecule has 4 rings (SSSR count). The molecule has 2 aromatic heterocycles. The van der Waals surface area contributed by atoms with Crippen molar-refractivity contribution in [2.45, 2.75) is 26.2 Å². The number of aryl methyl sites for hydroxylation is 2. The number of carbonyl (C=O) groups is 1. The second-order valence-electron chi connectivity index (χ2n) is 7.41. The van der Waals surface area contributed by atoms with E-state index in [1.807, 2.05) is 24.3 Å². The summed E-state index contributed by atoms with van der Waals surface area (Å²) in [6.45, 7) is 3.85. The number of nitrogens with zero attached hydrogens (tertiary/aromatic N) is 4. The van der Waals surface area contributed by atoms with Gasteiger partial charge in [-0.3, -0.25) is 14.5 Å². The van der Waals surface area contributed by atoms with Gasteiger partial charge in [0.25, 0.3) is 5.91 Å². The summed E-state index contributed by atoms with van der Waals surface area (Å²) in [7, 11) is 1.85. The molecule has 2 fully saturated rings. The molecule has 2 aromatic rings. The van der Waals surface area contributed by atoms with E-state index in [0.717, 1.165) is 19.5 Å². The van der Waals surface area contributed by atoms with Crippen LogP contribution in [0.3, 0.4) is 0 Å². The van der Waals surface area contributed by atoms with Crippen LogP contribution in [0.1, 0.15) is 34.5 Å². The van der Waals surface area contributed by atoms with Crippen molar-refractivity contribution < 1.29 is 4.79 Å². The minimum Gasteiger partial charge on any atom is -0.338 e. The van der Waals surface area contributed by atoms with Crippen molar-refractivity contribution in [3.8, 4) is 0 Å². The maximum atomic E-state index is 12.7. The highest BCUT2D eigenvalue weighted by Crippen LogP contribution is 2.43. The Hall–Kier alpha value is -2.17. The Bertz CT molecular complexity index is 736. The van der Waals surface area contributed by atoms with Crippen LogP contribution in [0.15, 0.2) is 30.7 Å². The van der Waals surface area contributed by atoms with Crippen LogP contribution in [0.2, 0.25) is 0 Å². The Balaban J connectivity index is 1.43. The van der Waals surface area contributed by atoms with E-state index in [1.54, 1.807) is 10.9 Å². The van der Waals surface area contributed by atoms with E-state index in [-0.39, 0.29) is 5.91 Å². The van der Waals surface area contributed by atoms with E-state index >= 15 is 0 Å². The number of aromatic nitrogens is 3. The molecule has 1 saturated heterocycles. The largest absolute Gasteiger partial charge is 0.338 e. The summed E-state index contributed by atoms with van der Waals surface area (Å²) in [6, 6.07) is 4.29. The van der Waals surface area contributed by atoms with Gasteiger partial charge in [0.15, 0.2) is 0 Å². The van der Waals surface area contributed by atoms with Gasteiger partial charge in [0, 0.05) is 38.2 Å². The number of pyridine rings is 1.